The van der Waals surface area contributed by atoms with Crippen LogP contribution in [-0.2, 0) is 19.5 Å². The highest BCUT2D eigenvalue weighted by Gasteiger charge is 2.33. The molecule has 6 nitrogen and oxygen atoms in total. The number of benzene rings is 2. The number of aromatic hydroxyl groups is 1. The van der Waals surface area contributed by atoms with E-state index in [2.05, 4.69) is 62.4 Å². The van der Waals surface area contributed by atoms with Gasteiger partial charge in [0.25, 0.3) is 5.91 Å². The molecule has 32 heavy (non-hydrogen) atoms. The lowest BCUT2D eigenvalue weighted by molar-refractivity contribution is 0.0934. The number of thiophene rings is 1. The second-order valence-corrected chi connectivity index (χ2v) is 10.3. The number of rotatable bonds is 5. The molecular formula is C24H24IN3O3S. The van der Waals surface area contributed by atoms with Crippen LogP contribution >= 0.6 is 33.9 Å². The molecule has 166 valence electrons. The van der Waals surface area contributed by atoms with Gasteiger partial charge in [0.2, 0.25) is 0 Å². The summed E-state index contributed by atoms with van der Waals surface area (Å²) in [6.07, 6.45) is 0.503. The maximum absolute atomic E-state index is 13.1. The number of carbonyl (C=O) groups excluding carboxylic acids is 1. The molecule has 2 aromatic carbocycles. The average molecular weight is 561 g/mol. The molecule has 0 bridgehead atoms. The van der Waals surface area contributed by atoms with Gasteiger partial charge < -0.3 is 20.5 Å². The third-order valence-electron chi connectivity index (χ3n) is 5.85. The second-order valence-electron chi connectivity index (χ2n) is 7.99. The number of nitrogens with zero attached hydrogens (tertiary/aromatic N) is 1. The molecule has 3 N–H and O–H groups in total. The Morgan fingerprint density at radius 3 is 2.84 bits per heavy atom. The first-order valence-corrected chi connectivity index (χ1v) is 12.6. The lowest BCUT2D eigenvalue weighted by Gasteiger charge is -2.29. The zero-order valence-electron chi connectivity index (χ0n) is 17.7. The van der Waals surface area contributed by atoms with Crippen LogP contribution in [0.25, 0.3) is 0 Å². The van der Waals surface area contributed by atoms with Gasteiger partial charge in [-0.1, -0.05) is 30.3 Å². The van der Waals surface area contributed by atoms with Gasteiger partial charge in [0.15, 0.2) is 11.5 Å². The molecule has 2 aliphatic heterocycles. The summed E-state index contributed by atoms with van der Waals surface area (Å²) in [6, 6.07) is 14.2. The van der Waals surface area contributed by atoms with Crippen molar-refractivity contribution in [3.63, 3.8) is 0 Å². The van der Waals surface area contributed by atoms with Gasteiger partial charge in [-0.3, -0.25) is 9.69 Å². The first-order chi connectivity index (χ1) is 15.5. The summed E-state index contributed by atoms with van der Waals surface area (Å²) in [5.74, 6) is 0.515. The summed E-state index contributed by atoms with van der Waals surface area (Å²) in [5.41, 5.74) is 4.12. The Bertz CT molecular complexity index is 1170. The zero-order valence-corrected chi connectivity index (χ0v) is 20.6. The number of ether oxygens (including phenoxy) is 1. The predicted octanol–water partition coefficient (Wildman–Crippen LogP) is 4.87. The van der Waals surface area contributed by atoms with Crippen LogP contribution < -0.4 is 15.4 Å². The normalized spacial score (nSPS) is 17.8. The molecule has 1 aromatic heterocycles. The Labute approximate surface area is 204 Å². The number of anilines is 1. The number of phenolic OH excluding ortho intramolecular Hbond substituents is 1. The van der Waals surface area contributed by atoms with E-state index in [0.29, 0.717) is 15.9 Å². The van der Waals surface area contributed by atoms with E-state index >= 15 is 0 Å². The van der Waals surface area contributed by atoms with Gasteiger partial charge in [-0.05, 0) is 64.8 Å². The Kier molecular flexibility index (Phi) is 6.00. The fraction of sp³-hybridized carbons (Fsp3) is 0.292. The van der Waals surface area contributed by atoms with Crippen LogP contribution in [0.5, 0.6) is 11.5 Å². The molecule has 0 radical (unpaired) electrons. The van der Waals surface area contributed by atoms with Crippen molar-refractivity contribution in [2.75, 3.05) is 18.5 Å². The monoisotopic (exact) mass is 561 g/mol. The Morgan fingerprint density at radius 1 is 1.25 bits per heavy atom. The van der Waals surface area contributed by atoms with Crippen molar-refractivity contribution in [3.8, 4) is 11.5 Å². The molecule has 8 heteroatoms. The quantitative estimate of drug-likeness (QED) is 0.388. The number of amides is 1. The molecule has 0 spiro atoms. The van der Waals surface area contributed by atoms with Crippen molar-refractivity contribution >= 4 is 44.8 Å². The number of hydrogen-bond donors (Lipinski definition) is 3. The largest absolute Gasteiger partial charge is 0.504 e. The van der Waals surface area contributed by atoms with Crippen LogP contribution in [0.4, 0.5) is 5.00 Å². The average Bonchev–Trinajstić information content (AvgIpc) is 3.15. The lowest BCUT2D eigenvalue weighted by atomic mass is 10.00. The molecule has 0 saturated carbocycles. The smallest absolute Gasteiger partial charge is 0.256 e. The van der Waals surface area contributed by atoms with Crippen molar-refractivity contribution in [2.24, 2.45) is 0 Å². The Balaban J connectivity index is 1.39. The number of hydrogen-bond acceptors (Lipinski definition) is 6. The van der Waals surface area contributed by atoms with Gasteiger partial charge in [0.1, 0.15) is 11.2 Å². The van der Waals surface area contributed by atoms with Crippen molar-refractivity contribution in [1.29, 1.82) is 0 Å². The maximum Gasteiger partial charge on any atom is 0.256 e. The van der Waals surface area contributed by atoms with Gasteiger partial charge in [-0.25, -0.2) is 0 Å². The number of phenols is 1. The van der Waals surface area contributed by atoms with Crippen LogP contribution in [0.3, 0.4) is 0 Å². The first-order valence-electron chi connectivity index (χ1n) is 10.7. The van der Waals surface area contributed by atoms with Crippen molar-refractivity contribution in [2.45, 2.75) is 32.6 Å². The molecule has 1 atom stereocenters. The summed E-state index contributed by atoms with van der Waals surface area (Å²) >= 11 is 3.76. The maximum atomic E-state index is 13.1. The first kappa shape index (κ1) is 21.5. The van der Waals surface area contributed by atoms with E-state index in [9.17, 15) is 9.90 Å². The Morgan fingerprint density at radius 2 is 2.06 bits per heavy atom. The van der Waals surface area contributed by atoms with E-state index in [1.165, 1.54) is 16.0 Å². The fourth-order valence-corrected chi connectivity index (χ4v) is 6.28. The van der Waals surface area contributed by atoms with Crippen molar-refractivity contribution in [1.82, 2.24) is 10.2 Å². The zero-order chi connectivity index (χ0) is 22.2. The topological polar surface area (TPSA) is 73.8 Å². The van der Waals surface area contributed by atoms with Gasteiger partial charge in [-0.15, -0.1) is 11.3 Å². The second kappa shape index (κ2) is 8.92. The number of halogens is 1. The number of fused-ring (bicyclic) bond motifs is 3. The van der Waals surface area contributed by atoms with Crippen molar-refractivity contribution < 1.29 is 14.6 Å². The summed E-state index contributed by atoms with van der Waals surface area (Å²) in [5, 5.41) is 17.8. The van der Waals surface area contributed by atoms with Gasteiger partial charge in [0, 0.05) is 24.5 Å². The number of nitrogens with one attached hydrogen (secondary N) is 2. The van der Waals surface area contributed by atoms with Crippen LogP contribution in [0, 0.1) is 3.57 Å². The number of carbonyl (C=O) groups is 1. The highest BCUT2D eigenvalue weighted by molar-refractivity contribution is 14.1. The SMILES string of the molecule is CCOc1cc([C@H]2NC(=O)c3c(sc4c3CCN(Cc3ccccc3)C4)N2)cc(I)c1O. The molecule has 0 fully saturated rings. The van der Waals surface area contributed by atoms with E-state index in [0.717, 1.165) is 42.2 Å². The fourth-order valence-electron chi connectivity index (χ4n) is 4.34. The van der Waals surface area contributed by atoms with Gasteiger partial charge >= 0.3 is 0 Å². The minimum atomic E-state index is -0.371. The third kappa shape index (κ3) is 4.06. The van der Waals surface area contributed by atoms with Gasteiger partial charge in [-0.2, -0.15) is 0 Å². The standard InChI is InChI=1S/C24H24IN3O3S/c1-2-31-18-11-15(10-17(25)21(18)29)22-26-23(30)20-16-8-9-28(12-14-6-4-3-5-7-14)13-19(16)32-24(20)27-22/h3-7,10-11,22,27,29H,2,8-9,12-13H2,1H3,(H,26,30)/t22-/m0/s1. The summed E-state index contributed by atoms with van der Waals surface area (Å²) in [6.45, 7) is 5.04. The molecule has 2 aliphatic rings. The summed E-state index contributed by atoms with van der Waals surface area (Å²) < 4.78 is 6.26. The Hall–Kier alpha value is -2.30. The predicted molar refractivity (Wildman–Crippen MR) is 134 cm³/mol. The summed E-state index contributed by atoms with van der Waals surface area (Å²) in [4.78, 5) is 16.8. The van der Waals surface area contributed by atoms with E-state index in [1.54, 1.807) is 17.4 Å². The third-order valence-corrected chi connectivity index (χ3v) is 7.82. The molecule has 0 aliphatic carbocycles. The summed E-state index contributed by atoms with van der Waals surface area (Å²) in [7, 11) is 0. The van der Waals surface area contributed by atoms with E-state index in [4.69, 9.17) is 4.74 Å². The van der Waals surface area contributed by atoms with Gasteiger partial charge in [0.05, 0.1) is 15.7 Å². The van der Waals surface area contributed by atoms with Crippen LogP contribution in [0.15, 0.2) is 42.5 Å². The molecule has 0 saturated heterocycles. The minimum Gasteiger partial charge on any atom is -0.504 e. The molecular weight excluding hydrogens is 537 g/mol. The molecule has 1 amide bonds. The minimum absolute atomic E-state index is 0.0428. The van der Waals surface area contributed by atoms with E-state index in [-0.39, 0.29) is 17.8 Å². The molecule has 3 aromatic rings. The van der Waals surface area contributed by atoms with Crippen LogP contribution in [0.2, 0.25) is 0 Å². The van der Waals surface area contributed by atoms with Crippen LogP contribution in [-0.4, -0.2) is 29.1 Å². The van der Waals surface area contributed by atoms with Crippen LogP contribution in [0.1, 0.15) is 45.0 Å². The molecule has 5 rings (SSSR count). The molecule has 3 heterocycles. The highest BCUT2D eigenvalue weighted by atomic mass is 127. The van der Waals surface area contributed by atoms with E-state index in [1.807, 2.05) is 19.1 Å². The van der Waals surface area contributed by atoms with E-state index < -0.39 is 0 Å². The van der Waals surface area contributed by atoms with Crippen molar-refractivity contribution in [3.05, 3.63) is 73.2 Å². The lowest BCUT2D eigenvalue weighted by Crippen LogP contribution is -2.38. The highest BCUT2D eigenvalue weighted by Crippen LogP contribution is 2.42. The molecule has 0 unspecified atom stereocenters.